The highest BCUT2D eigenvalue weighted by Crippen LogP contribution is 2.19. The molecule has 0 aliphatic rings. The molecule has 0 amide bonds. The van der Waals surface area contributed by atoms with Gasteiger partial charge in [0.05, 0.1) is 0 Å². The zero-order chi connectivity index (χ0) is 12.1. The van der Waals surface area contributed by atoms with E-state index in [4.69, 9.17) is 5.11 Å². The van der Waals surface area contributed by atoms with Crippen LogP contribution in [0, 0.1) is 6.07 Å². The number of aliphatic carboxylic acids is 1. The van der Waals surface area contributed by atoms with E-state index in [-0.39, 0.29) is 0 Å². The summed E-state index contributed by atoms with van der Waals surface area (Å²) in [5.74, 6) is -0.937. The Hall–Kier alpha value is -2.35. The summed E-state index contributed by atoms with van der Waals surface area (Å²) in [6, 6.07) is 18.4. The molecule has 0 aromatic heterocycles. The van der Waals surface area contributed by atoms with Crippen LogP contribution in [0.1, 0.15) is 5.56 Å². The topological polar surface area (TPSA) is 37.3 Å². The maximum atomic E-state index is 10.4. The maximum Gasteiger partial charge on any atom is 0.328 e. The van der Waals surface area contributed by atoms with Crippen molar-refractivity contribution in [2.75, 3.05) is 0 Å². The van der Waals surface area contributed by atoms with Crippen molar-refractivity contribution in [3.63, 3.8) is 0 Å². The van der Waals surface area contributed by atoms with Crippen LogP contribution < -0.4 is 0 Å². The van der Waals surface area contributed by atoms with Gasteiger partial charge in [-0.25, -0.2) is 4.79 Å². The molecule has 1 N–H and O–H groups in total. The second kappa shape index (κ2) is 5.12. The third-order valence-corrected chi connectivity index (χ3v) is 2.38. The number of hydrogen-bond donors (Lipinski definition) is 1. The fourth-order valence-corrected chi connectivity index (χ4v) is 1.53. The van der Waals surface area contributed by atoms with Gasteiger partial charge in [-0.15, -0.1) is 0 Å². The van der Waals surface area contributed by atoms with E-state index in [2.05, 4.69) is 6.07 Å². The van der Waals surface area contributed by atoms with E-state index in [1.165, 1.54) is 0 Å². The summed E-state index contributed by atoms with van der Waals surface area (Å²) in [6.07, 6.45) is 2.71. The van der Waals surface area contributed by atoms with Crippen LogP contribution in [0.25, 0.3) is 17.2 Å². The first-order chi connectivity index (χ1) is 8.25. The van der Waals surface area contributed by atoms with Crippen molar-refractivity contribution in [2.24, 2.45) is 0 Å². The standard InChI is InChI=1S/C15H11O2/c16-15(17)11-8-12-6-9-14(10-7-12)13-4-2-1-3-5-13/h2-11H,(H,16,17)/b11-8+. The van der Waals surface area contributed by atoms with Crippen LogP contribution in [0.3, 0.4) is 0 Å². The zero-order valence-corrected chi connectivity index (χ0v) is 9.13. The molecule has 17 heavy (non-hydrogen) atoms. The molecule has 0 saturated carbocycles. The van der Waals surface area contributed by atoms with Gasteiger partial charge < -0.3 is 5.11 Å². The molecule has 0 unspecified atom stereocenters. The first kappa shape index (κ1) is 11.1. The van der Waals surface area contributed by atoms with Crippen molar-refractivity contribution in [1.29, 1.82) is 0 Å². The molecule has 1 radical (unpaired) electrons. The van der Waals surface area contributed by atoms with Crippen molar-refractivity contribution in [3.8, 4) is 11.1 Å². The fraction of sp³-hybridized carbons (Fsp3) is 0. The summed E-state index contributed by atoms with van der Waals surface area (Å²) in [6.45, 7) is 0. The largest absolute Gasteiger partial charge is 0.478 e. The maximum absolute atomic E-state index is 10.4. The lowest BCUT2D eigenvalue weighted by Gasteiger charge is -2.01. The summed E-state index contributed by atoms with van der Waals surface area (Å²) in [4.78, 5) is 10.4. The molecule has 2 rings (SSSR count). The van der Waals surface area contributed by atoms with Crippen LogP contribution >= 0.6 is 0 Å². The summed E-state index contributed by atoms with van der Waals surface area (Å²) in [5.41, 5.74) is 3.10. The highest BCUT2D eigenvalue weighted by Gasteiger charge is 1.96. The molecule has 2 aromatic carbocycles. The van der Waals surface area contributed by atoms with E-state index in [0.29, 0.717) is 0 Å². The van der Waals surface area contributed by atoms with Crippen molar-refractivity contribution in [2.45, 2.75) is 0 Å². The second-order valence-electron chi connectivity index (χ2n) is 3.58. The van der Waals surface area contributed by atoms with Crippen molar-refractivity contribution < 1.29 is 9.90 Å². The molecular formula is C15H11O2. The number of carbonyl (C=O) groups is 1. The Labute approximate surface area is 99.8 Å². The average molecular weight is 223 g/mol. The van der Waals surface area contributed by atoms with Crippen molar-refractivity contribution in [3.05, 3.63) is 66.2 Å². The van der Waals surface area contributed by atoms with Gasteiger partial charge in [-0.05, 0) is 28.8 Å². The molecule has 0 aliphatic heterocycles. The molecule has 0 fully saturated rings. The van der Waals surface area contributed by atoms with E-state index in [1.54, 1.807) is 6.08 Å². The third-order valence-electron chi connectivity index (χ3n) is 2.38. The molecule has 0 spiro atoms. The van der Waals surface area contributed by atoms with Crippen LogP contribution in [0.2, 0.25) is 0 Å². The highest BCUT2D eigenvalue weighted by molar-refractivity contribution is 5.85. The van der Waals surface area contributed by atoms with Crippen LogP contribution in [-0.2, 0) is 4.79 Å². The third kappa shape index (κ3) is 3.05. The Morgan fingerprint density at radius 1 is 1.00 bits per heavy atom. The minimum atomic E-state index is -0.937. The Kier molecular flexibility index (Phi) is 3.36. The van der Waals surface area contributed by atoms with Gasteiger partial charge in [0, 0.05) is 6.08 Å². The summed E-state index contributed by atoms with van der Waals surface area (Å²) >= 11 is 0. The van der Waals surface area contributed by atoms with Crippen LogP contribution in [0.5, 0.6) is 0 Å². The van der Waals surface area contributed by atoms with Crippen molar-refractivity contribution >= 4 is 12.0 Å². The first-order valence-electron chi connectivity index (χ1n) is 5.23. The smallest absolute Gasteiger partial charge is 0.328 e. The SMILES string of the molecule is O=C(O)/C=C/c1ccc(-c2cc[c]cc2)cc1. The van der Waals surface area contributed by atoms with E-state index >= 15 is 0 Å². The lowest BCUT2D eigenvalue weighted by Crippen LogP contribution is -1.85. The van der Waals surface area contributed by atoms with Crippen LogP contribution in [0.4, 0.5) is 0 Å². The number of benzene rings is 2. The lowest BCUT2D eigenvalue weighted by molar-refractivity contribution is -0.131. The van der Waals surface area contributed by atoms with E-state index < -0.39 is 5.97 Å². The zero-order valence-electron chi connectivity index (χ0n) is 9.13. The van der Waals surface area contributed by atoms with E-state index in [1.807, 2.05) is 48.5 Å². The molecule has 0 heterocycles. The molecule has 0 atom stereocenters. The monoisotopic (exact) mass is 223 g/mol. The minimum Gasteiger partial charge on any atom is -0.478 e. The van der Waals surface area contributed by atoms with E-state index in [0.717, 1.165) is 22.8 Å². The Balaban J connectivity index is 2.22. The van der Waals surface area contributed by atoms with Gasteiger partial charge >= 0.3 is 5.97 Å². The predicted molar refractivity (Wildman–Crippen MR) is 67.4 cm³/mol. The number of carboxylic acids is 1. The molecule has 0 aliphatic carbocycles. The van der Waals surface area contributed by atoms with Gasteiger partial charge in [-0.2, -0.15) is 0 Å². The molecule has 2 aromatic rings. The molecule has 2 heteroatoms. The van der Waals surface area contributed by atoms with E-state index in [9.17, 15) is 4.79 Å². The predicted octanol–water partition coefficient (Wildman–Crippen LogP) is 3.25. The average Bonchev–Trinajstić information content (AvgIpc) is 2.38. The van der Waals surface area contributed by atoms with Crippen LogP contribution in [0.15, 0.2) is 54.6 Å². The first-order valence-corrected chi connectivity index (χ1v) is 5.23. The Morgan fingerprint density at radius 2 is 1.59 bits per heavy atom. The number of rotatable bonds is 3. The van der Waals surface area contributed by atoms with Gasteiger partial charge in [-0.1, -0.05) is 48.5 Å². The minimum absolute atomic E-state index is 0.874. The molecule has 0 bridgehead atoms. The fourth-order valence-electron chi connectivity index (χ4n) is 1.53. The van der Waals surface area contributed by atoms with Crippen LogP contribution in [-0.4, -0.2) is 11.1 Å². The lowest BCUT2D eigenvalue weighted by atomic mass is 10.0. The Bertz CT molecular complexity index is 525. The quantitative estimate of drug-likeness (QED) is 0.811. The molecule has 2 nitrogen and oxygen atoms in total. The Morgan fingerprint density at radius 3 is 2.18 bits per heavy atom. The normalized spacial score (nSPS) is 10.6. The van der Waals surface area contributed by atoms with Gasteiger partial charge in [0.2, 0.25) is 0 Å². The highest BCUT2D eigenvalue weighted by atomic mass is 16.4. The van der Waals surface area contributed by atoms with Gasteiger partial charge in [0.25, 0.3) is 0 Å². The molecular weight excluding hydrogens is 212 g/mol. The van der Waals surface area contributed by atoms with Gasteiger partial charge in [0.1, 0.15) is 0 Å². The summed E-state index contributed by atoms with van der Waals surface area (Å²) in [7, 11) is 0. The van der Waals surface area contributed by atoms with Gasteiger partial charge in [0.15, 0.2) is 0 Å². The second-order valence-corrected chi connectivity index (χ2v) is 3.58. The summed E-state index contributed by atoms with van der Waals surface area (Å²) in [5, 5.41) is 8.52. The van der Waals surface area contributed by atoms with Gasteiger partial charge in [-0.3, -0.25) is 0 Å². The number of hydrogen-bond acceptors (Lipinski definition) is 1. The number of carboxylic acid groups (broad SMARTS) is 1. The molecule has 0 saturated heterocycles. The summed E-state index contributed by atoms with van der Waals surface area (Å²) < 4.78 is 0. The molecule has 83 valence electrons. The van der Waals surface area contributed by atoms with Crippen molar-refractivity contribution in [1.82, 2.24) is 0 Å².